The average molecular weight is 263 g/mol. The first-order valence-corrected chi connectivity index (χ1v) is 6.73. The summed E-state index contributed by atoms with van der Waals surface area (Å²) in [6.45, 7) is 5.88. The monoisotopic (exact) mass is 263 g/mol. The Labute approximate surface area is 118 Å². The minimum atomic E-state index is 0.379. The van der Waals surface area contributed by atoms with Crippen molar-refractivity contribution >= 4 is 10.9 Å². The molecule has 0 aliphatic carbocycles. The third-order valence-electron chi connectivity index (χ3n) is 3.65. The van der Waals surface area contributed by atoms with Gasteiger partial charge < -0.3 is 5.11 Å². The van der Waals surface area contributed by atoms with E-state index in [9.17, 15) is 5.11 Å². The summed E-state index contributed by atoms with van der Waals surface area (Å²) in [6.07, 6.45) is 0. The highest BCUT2D eigenvalue weighted by molar-refractivity contribution is 5.95. The van der Waals surface area contributed by atoms with E-state index in [-0.39, 0.29) is 0 Å². The molecule has 0 amide bonds. The van der Waals surface area contributed by atoms with Gasteiger partial charge in [0.25, 0.3) is 0 Å². The number of aromatic nitrogens is 1. The molecular formula is C18H17NO. The lowest BCUT2D eigenvalue weighted by Gasteiger charge is -2.11. The van der Waals surface area contributed by atoms with Crippen molar-refractivity contribution in [2.45, 2.75) is 20.8 Å². The van der Waals surface area contributed by atoms with Crippen molar-refractivity contribution in [1.82, 2.24) is 4.98 Å². The van der Waals surface area contributed by atoms with Crippen LogP contribution >= 0.6 is 0 Å². The molecule has 3 rings (SSSR count). The van der Waals surface area contributed by atoms with Crippen molar-refractivity contribution in [2.24, 2.45) is 0 Å². The molecule has 1 heterocycles. The number of phenols is 1. The van der Waals surface area contributed by atoms with E-state index in [1.54, 1.807) is 0 Å². The molecule has 0 aliphatic heterocycles. The Bertz CT molecular complexity index is 783. The minimum absolute atomic E-state index is 0.379. The van der Waals surface area contributed by atoms with Gasteiger partial charge in [-0.25, -0.2) is 0 Å². The molecule has 1 aromatic heterocycles. The molecule has 2 nitrogen and oxygen atoms in total. The molecule has 0 spiro atoms. The van der Waals surface area contributed by atoms with E-state index in [0.29, 0.717) is 5.75 Å². The number of nitrogens with zero attached hydrogens (tertiary/aromatic N) is 1. The molecule has 1 N–H and O–H groups in total. The summed E-state index contributed by atoms with van der Waals surface area (Å²) in [4.78, 5) is 4.57. The van der Waals surface area contributed by atoms with Crippen LogP contribution < -0.4 is 0 Å². The second-order valence-electron chi connectivity index (χ2n) is 5.29. The van der Waals surface area contributed by atoms with Crippen LogP contribution in [0.3, 0.4) is 0 Å². The first kappa shape index (κ1) is 12.7. The zero-order valence-corrected chi connectivity index (χ0v) is 11.9. The lowest BCUT2D eigenvalue weighted by Crippen LogP contribution is -1.90. The highest BCUT2D eigenvalue weighted by Crippen LogP contribution is 2.33. The highest BCUT2D eigenvalue weighted by Gasteiger charge is 2.09. The highest BCUT2D eigenvalue weighted by atomic mass is 16.3. The van der Waals surface area contributed by atoms with Crippen LogP contribution in [0.15, 0.2) is 42.5 Å². The van der Waals surface area contributed by atoms with Crippen LogP contribution in [0.25, 0.3) is 22.0 Å². The number of aromatic hydroxyl groups is 1. The normalized spacial score (nSPS) is 10.9. The third kappa shape index (κ3) is 2.03. The molecule has 3 aromatic rings. The fourth-order valence-electron chi connectivity index (χ4n) is 2.66. The molecule has 2 heteroatoms. The predicted molar refractivity (Wildman–Crippen MR) is 83.1 cm³/mol. The lowest BCUT2D eigenvalue weighted by molar-refractivity contribution is 0.467. The van der Waals surface area contributed by atoms with Crippen LogP contribution in [0.4, 0.5) is 0 Å². The lowest BCUT2D eigenvalue weighted by atomic mass is 9.96. The second kappa shape index (κ2) is 4.64. The molecular weight excluding hydrogens is 246 g/mol. The van der Waals surface area contributed by atoms with Crippen molar-refractivity contribution in [3.8, 4) is 16.9 Å². The van der Waals surface area contributed by atoms with E-state index >= 15 is 0 Å². The van der Waals surface area contributed by atoms with Crippen molar-refractivity contribution in [1.29, 1.82) is 0 Å². The number of phenolic OH excluding ortho intramolecular Hbond substituents is 1. The smallest absolute Gasteiger partial charge is 0.121 e. The van der Waals surface area contributed by atoms with Crippen LogP contribution in [0.1, 0.15) is 16.8 Å². The van der Waals surface area contributed by atoms with Crippen molar-refractivity contribution in [3.05, 3.63) is 59.3 Å². The summed E-state index contributed by atoms with van der Waals surface area (Å²) < 4.78 is 0. The maximum Gasteiger partial charge on any atom is 0.121 e. The summed E-state index contributed by atoms with van der Waals surface area (Å²) in [5.74, 6) is 0.379. The second-order valence-corrected chi connectivity index (χ2v) is 5.29. The quantitative estimate of drug-likeness (QED) is 0.699. The van der Waals surface area contributed by atoms with Gasteiger partial charge in [0.2, 0.25) is 0 Å². The fourth-order valence-corrected chi connectivity index (χ4v) is 2.66. The number of hydrogen-bond donors (Lipinski definition) is 1. The van der Waals surface area contributed by atoms with Gasteiger partial charge in [-0.2, -0.15) is 0 Å². The van der Waals surface area contributed by atoms with Gasteiger partial charge in [-0.15, -0.1) is 0 Å². The number of benzene rings is 2. The van der Waals surface area contributed by atoms with E-state index in [2.05, 4.69) is 17.1 Å². The van der Waals surface area contributed by atoms with Gasteiger partial charge in [0, 0.05) is 11.1 Å². The zero-order valence-electron chi connectivity index (χ0n) is 11.9. The number of rotatable bonds is 1. The topological polar surface area (TPSA) is 33.1 Å². The van der Waals surface area contributed by atoms with Gasteiger partial charge in [-0.05, 0) is 67.3 Å². The summed E-state index contributed by atoms with van der Waals surface area (Å²) in [7, 11) is 0. The van der Waals surface area contributed by atoms with E-state index in [0.717, 1.165) is 33.3 Å². The predicted octanol–water partition coefficient (Wildman–Crippen LogP) is 4.53. The molecule has 0 radical (unpaired) electrons. The first-order valence-electron chi connectivity index (χ1n) is 6.73. The zero-order chi connectivity index (χ0) is 14.3. The Morgan fingerprint density at radius 2 is 1.55 bits per heavy atom. The molecule has 0 fully saturated rings. The van der Waals surface area contributed by atoms with Gasteiger partial charge >= 0.3 is 0 Å². The largest absolute Gasteiger partial charge is 0.507 e. The molecule has 0 bridgehead atoms. The third-order valence-corrected chi connectivity index (χ3v) is 3.65. The Balaban J connectivity index is 2.34. The maximum atomic E-state index is 9.93. The summed E-state index contributed by atoms with van der Waals surface area (Å²) >= 11 is 0. The van der Waals surface area contributed by atoms with Gasteiger partial charge in [0.05, 0.1) is 5.52 Å². The summed E-state index contributed by atoms with van der Waals surface area (Å²) in [5, 5.41) is 11.1. The van der Waals surface area contributed by atoms with Gasteiger partial charge in [0.1, 0.15) is 5.75 Å². The van der Waals surface area contributed by atoms with Crippen molar-refractivity contribution in [3.63, 3.8) is 0 Å². The van der Waals surface area contributed by atoms with Gasteiger partial charge in [0.15, 0.2) is 0 Å². The molecule has 100 valence electrons. The molecule has 0 aliphatic rings. The first-order chi connectivity index (χ1) is 9.56. The summed E-state index contributed by atoms with van der Waals surface area (Å²) in [6, 6.07) is 14.3. The molecule has 20 heavy (non-hydrogen) atoms. The van der Waals surface area contributed by atoms with E-state index in [1.807, 2.05) is 51.1 Å². The number of para-hydroxylation sites is 1. The molecule has 0 saturated carbocycles. The maximum absolute atomic E-state index is 9.93. The van der Waals surface area contributed by atoms with Crippen molar-refractivity contribution < 1.29 is 5.11 Å². The SMILES string of the molecule is Cc1cc(-c2cc(C)c(O)c(C)c2)c2ccccc2n1. The minimum Gasteiger partial charge on any atom is -0.507 e. The van der Waals surface area contributed by atoms with Crippen LogP contribution in [0.5, 0.6) is 5.75 Å². The average Bonchev–Trinajstić information content (AvgIpc) is 2.43. The number of pyridine rings is 1. The standard InChI is InChI=1S/C18H17NO/c1-11-8-14(9-12(2)18(11)20)16-10-13(3)19-17-7-5-4-6-15(16)17/h4-10,20H,1-3H3. The van der Waals surface area contributed by atoms with Crippen LogP contribution in [-0.4, -0.2) is 10.1 Å². The van der Waals surface area contributed by atoms with Gasteiger partial charge in [-0.3, -0.25) is 4.98 Å². The number of fused-ring (bicyclic) bond motifs is 1. The number of aryl methyl sites for hydroxylation is 3. The van der Waals surface area contributed by atoms with Crippen LogP contribution in [0, 0.1) is 20.8 Å². The van der Waals surface area contributed by atoms with E-state index < -0.39 is 0 Å². The Hall–Kier alpha value is -2.35. The Morgan fingerprint density at radius 1 is 0.900 bits per heavy atom. The molecule has 2 aromatic carbocycles. The summed E-state index contributed by atoms with van der Waals surface area (Å²) in [5.41, 5.74) is 6.10. The van der Waals surface area contributed by atoms with Gasteiger partial charge in [-0.1, -0.05) is 18.2 Å². The van der Waals surface area contributed by atoms with Crippen molar-refractivity contribution in [2.75, 3.05) is 0 Å². The molecule has 0 atom stereocenters. The van der Waals surface area contributed by atoms with E-state index in [1.165, 1.54) is 5.56 Å². The number of hydrogen-bond acceptors (Lipinski definition) is 2. The Morgan fingerprint density at radius 3 is 2.25 bits per heavy atom. The fraction of sp³-hybridized carbons (Fsp3) is 0.167. The van der Waals surface area contributed by atoms with Crippen LogP contribution in [-0.2, 0) is 0 Å². The van der Waals surface area contributed by atoms with E-state index in [4.69, 9.17) is 0 Å². The van der Waals surface area contributed by atoms with Crippen LogP contribution in [0.2, 0.25) is 0 Å². The molecule has 0 saturated heterocycles. The molecule has 0 unspecified atom stereocenters. The Kier molecular flexibility index (Phi) is 2.94.